The number of halogens is 1. The Morgan fingerprint density at radius 1 is 1.00 bits per heavy atom. The maximum absolute atomic E-state index is 13.1. The van der Waals surface area contributed by atoms with E-state index in [0.717, 1.165) is 16.3 Å². The molecule has 0 aliphatic rings. The molecule has 0 saturated carbocycles. The van der Waals surface area contributed by atoms with Crippen LogP contribution >= 0.6 is 11.8 Å². The summed E-state index contributed by atoms with van der Waals surface area (Å²) in [4.78, 5) is 12.6. The van der Waals surface area contributed by atoms with Crippen LogP contribution in [0.25, 0.3) is 22.2 Å². The fourth-order valence-electron chi connectivity index (χ4n) is 2.87. The van der Waals surface area contributed by atoms with Crippen LogP contribution in [-0.2, 0) is 7.05 Å². The zero-order valence-corrected chi connectivity index (χ0v) is 15.4. The van der Waals surface area contributed by atoms with Crippen LogP contribution in [0.4, 0.5) is 4.39 Å². The number of thioether (sulfide) groups is 1. The van der Waals surface area contributed by atoms with E-state index in [1.165, 1.54) is 23.9 Å². The molecule has 0 saturated heterocycles. The Balaban J connectivity index is 1.49. The van der Waals surface area contributed by atoms with Crippen molar-refractivity contribution in [1.29, 1.82) is 0 Å². The van der Waals surface area contributed by atoms with Crippen LogP contribution in [0.5, 0.6) is 0 Å². The van der Waals surface area contributed by atoms with Gasteiger partial charge in [0.2, 0.25) is 0 Å². The van der Waals surface area contributed by atoms with Crippen LogP contribution in [0.3, 0.4) is 0 Å². The lowest BCUT2D eigenvalue weighted by atomic mass is 10.1. The second-order valence-electron chi connectivity index (χ2n) is 6.15. The number of nitrogens with zero attached hydrogens (tertiary/aromatic N) is 3. The van der Waals surface area contributed by atoms with Crippen LogP contribution in [0.2, 0.25) is 0 Å². The molecule has 0 atom stereocenters. The van der Waals surface area contributed by atoms with Gasteiger partial charge in [-0.1, -0.05) is 48.2 Å². The van der Waals surface area contributed by atoms with E-state index in [-0.39, 0.29) is 17.4 Å². The molecule has 1 aromatic heterocycles. The van der Waals surface area contributed by atoms with E-state index in [1.807, 2.05) is 54.1 Å². The third-order valence-corrected chi connectivity index (χ3v) is 5.36. The van der Waals surface area contributed by atoms with Crippen LogP contribution in [-0.4, -0.2) is 26.3 Å². The van der Waals surface area contributed by atoms with Gasteiger partial charge in [0.15, 0.2) is 16.8 Å². The molecule has 0 bridgehead atoms. The lowest BCUT2D eigenvalue weighted by Crippen LogP contribution is -2.04. The van der Waals surface area contributed by atoms with Gasteiger partial charge in [-0.2, -0.15) is 0 Å². The van der Waals surface area contributed by atoms with Crippen molar-refractivity contribution in [2.45, 2.75) is 5.16 Å². The Kier molecular flexibility index (Phi) is 4.73. The van der Waals surface area contributed by atoms with Gasteiger partial charge in [0, 0.05) is 18.2 Å². The topological polar surface area (TPSA) is 47.8 Å². The number of fused-ring (bicyclic) bond motifs is 1. The molecule has 4 aromatic rings. The van der Waals surface area contributed by atoms with Crippen molar-refractivity contribution in [1.82, 2.24) is 14.8 Å². The first-order chi connectivity index (χ1) is 13.1. The number of rotatable bonds is 5. The molecule has 0 amide bonds. The fraction of sp³-hybridized carbons (Fsp3) is 0.0952. The number of ketones is 1. The largest absolute Gasteiger partial charge is 0.305 e. The standard InChI is InChI=1S/C21H16FN3OS/c1-25-20(15-8-10-18(22)11-9-15)23-24-21(25)27-13-19(26)17-7-6-14-4-2-3-5-16(14)12-17/h2-12H,13H2,1H3. The Bertz CT molecular complexity index is 1120. The van der Waals surface area contributed by atoms with Crippen LogP contribution in [0.1, 0.15) is 10.4 Å². The molecular weight excluding hydrogens is 361 g/mol. The van der Waals surface area contributed by atoms with Crippen molar-refractivity contribution in [3.05, 3.63) is 78.1 Å². The minimum Gasteiger partial charge on any atom is -0.305 e. The summed E-state index contributed by atoms with van der Waals surface area (Å²) in [5, 5.41) is 11.1. The number of carbonyl (C=O) groups is 1. The molecule has 3 aromatic carbocycles. The molecule has 4 rings (SSSR count). The zero-order chi connectivity index (χ0) is 18.8. The maximum Gasteiger partial charge on any atom is 0.191 e. The summed E-state index contributed by atoms with van der Waals surface area (Å²) < 4.78 is 14.9. The summed E-state index contributed by atoms with van der Waals surface area (Å²) in [6.45, 7) is 0. The van der Waals surface area contributed by atoms with E-state index in [1.54, 1.807) is 12.1 Å². The minimum absolute atomic E-state index is 0.0390. The van der Waals surface area contributed by atoms with Crippen molar-refractivity contribution >= 4 is 28.3 Å². The zero-order valence-electron chi connectivity index (χ0n) is 14.6. The van der Waals surface area contributed by atoms with Crippen molar-refractivity contribution in [2.24, 2.45) is 7.05 Å². The van der Waals surface area contributed by atoms with Gasteiger partial charge in [-0.3, -0.25) is 4.79 Å². The Hall–Kier alpha value is -2.99. The predicted octanol–water partition coefficient (Wildman–Crippen LogP) is 4.75. The number of hydrogen-bond acceptors (Lipinski definition) is 4. The second kappa shape index (κ2) is 7.32. The average Bonchev–Trinajstić information content (AvgIpc) is 3.07. The molecule has 0 aliphatic carbocycles. The van der Waals surface area contributed by atoms with Crippen LogP contribution < -0.4 is 0 Å². The third kappa shape index (κ3) is 3.61. The van der Waals surface area contributed by atoms with Gasteiger partial charge < -0.3 is 4.57 Å². The Labute approximate surface area is 160 Å². The van der Waals surface area contributed by atoms with Gasteiger partial charge in [-0.15, -0.1) is 10.2 Å². The number of hydrogen-bond donors (Lipinski definition) is 0. The summed E-state index contributed by atoms with van der Waals surface area (Å²) in [7, 11) is 1.83. The van der Waals surface area contributed by atoms with E-state index in [4.69, 9.17) is 0 Å². The number of benzene rings is 3. The van der Waals surface area contributed by atoms with Crippen LogP contribution in [0.15, 0.2) is 71.9 Å². The minimum atomic E-state index is -0.295. The van der Waals surface area contributed by atoms with E-state index >= 15 is 0 Å². The van der Waals surface area contributed by atoms with Crippen molar-refractivity contribution in [2.75, 3.05) is 5.75 Å². The van der Waals surface area contributed by atoms with E-state index in [0.29, 0.717) is 16.5 Å². The molecule has 4 nitrogen and oxygen atoms in total. The lowest BCUT2D eigenvalue weighted by molar-refractivity contribution is 0.102. The van der Waals surface area contributed by atoms with Crippen molar-refractivity contribution < 1.29 is 9.18 Å². The highest BCUT2D eigenvalue weighted by atomic mass is 32.2. The molecule has 0 unspecified atom stereocenters. The van der Waals surface area contributed by atoms with Gasteiger partial charge in [0.1, 0.15) is 5.82 Å². The molecular formula is C21H16FN3OS. The van der Waals surface area contributed by atoms with Gasteiger partial charge in [-0.05, 0) is 41.1 Å². The quantitative estimate of drug-likeness (QED) is 0.372. The molecule has 27 heavy (non-hydrogen) atoms. The summed E-state index contributed by atoms with van der Waals surface area (Å²) >= 11 is 1.34. The van der Waals surface area contributed by atoms with Crippen LogP contribution in [0, 0.1) is 5.82 Å². The normalized spacial score (nSPS) is 11.0. The maximum atomic E-state index is 13.1. The van der Waals surface area contributed by atoms with E-state index in [2.05, 4.69) is 10.2 Å². The molecule has 134 valence electrons. The summed E-state index contributed by atoms with van der Waals surface area (Å²) in [6.07, 6.45) is 0. The summed E-state index contributed by atoms with van der Waals surface area (Å²) in [6, 6.07) is 19.8. The number of aromatic nitrogens is 3. The number of Topliss-reactive ketones (excluding diaryl/α,β-unsaturated/α-hetero) is 1. The lowest BCUT2D eigenvalue weighted by Gasteiger charge is -2.05. The molecule has 0 radical (unpaired) electrons. The second-order valence-corrected chi connectivity index (χ2v) is 7.09. The van der Waals surface area contributed by atoms with Gasteiger partial charge in [0.25, 0.3) is 0 Å². The van der Waals surface area contributed by atoms with E-state index in [9.17, 15) is 9.18 Å². The SMILES string of the molecule is Cn1c(SCC(=O)c2ccc3ccccc3c2)nnc1-c1ccc(F)cc1. The molecule has 6 heteroatoms. The summed E-state index contributed by atoms with van der Waals surface area (Å²) in [5.74, 6) is 0.650. The highest BCUT2D eigenvalue weighted by molar-refractivity contribution is 7.99. The molecule has 0 N–H and O–H groups in total. The smallest absolute Gasteiger partial charge is 0.191 e. The van der Waals surface area contributed by atoms with Gasteiger partial charge in [-0.25, -0.2) is 4.39 Å². The van der Waals surface area contributed by atoms with Gasteiger partial charge in [0.05, 0.1) is 5.75 Å². The van der Waals surface area contributed by atoms with Crippen molar-refractivity contribution in [3.8, 4) is 11.4 Å². The predicted molar refractivity (Wildman–Crippen MR) is 105 cm³/mol. The molecule has 0 fully saturated rings. The monoisotopic (exact) mass is 377 g/mol. The Morgan fingerprint density at radius 2 is 1.74 bits per heavy atom. The first-order valence-electron chi connectivity index (χ1n) is 8.42. The Morgan fingerprint density at radius 3 is 2.52 bits per heavy atom. The molecule has 1 heterocycles. The van der Waals surface area contributed by atoms with E-state index < -0.39 is 0 Å². The highest BCUT2D eigenvalue weighted by Gasteiger charge is 2.14. The molecule has 0 aliphatic heterocycles. The first kappa shape index (κ1) is 17.4. The summed E-state index contributed by atoms with van der Waals surface area (Å²) in [5.41, 5.74) is 1.46. The highest BCUT2D eigenvalue weighted by Crippen LogP contribution is 2.24. The van der Waals surface area contributed by atoms with Crippen molar-refractivity contribution in [3.63, 3.8) is 0 Å². The van der Waals surface area contributed by atoms with Gasteiger partial charge >= 0.3 is 0 Å². The molecule has 0 spiro atoms. The first-order valence-corrected chi connectivity index (χ1v) is 9.40. The third-order valence-electron chi connectivity index (χ3n) is 4.34. The number of carbonyl (C=O) groups excluding carboxylic acids is 1. The fourth-order valence-corrected chi connectivity index (χ4v) is 3.67. The average molecular weight is 377 g/mol.